The Morgan fingerprint density at radius 1 is 1.24 bits per heavy atom. The van der Waals surface area contributed by atoms with Gasteiger partial charge in [-0.25, -0.2) is 0 Å². The zero-order valence-electron chi connectivity index (χ0n) is 11.5. The molecule has 112 valence electrons. The summed E-state index contributed by atoms with van der Waals surface area (Å²) in [6.07, 6.45) is -0.202. The molecule has 0 aliphatic carbocycles. The molecule has 5 N–H and O–H groups in total. The molecule has 1 aromatic heterocycles. The monoisotopic (exact) mass is 305 g/mol. The zero-order valence-corrected chi connectivity index (χ0v) is 12.3. The third-order valence-corrected chi connectivity index (χ3v) is 3.93. The predicted molar refractivity (Wildman–Crippen MR) is 84.5 cm³/mol. The number of thiophene rings is 1. The largest absolute Gasteiger partial charge is 0.409 e. The number of hydrogen-bond acceptors (Lipinski definition) is 5. The van der Waals surface area contributed by atoms with E-state index in [1.54, 1.807) is 11.3 Å². The second-order valence-electron chi connectivity index (χ2n) is 4.74. The first-order valence-corrected chi connectivity index (χ1v) is 7.60. The molecule has 2 rings (SSSR count). The van der Waals surface area contributed by atoms with E-state index in [2.05, 4.69) is 10.5 Å². The summed E-state index contributed by atoms with van der Waals surface area (Å²) >= 11 is 1.55. The summed E-state index contributed by atoms with van der Waals surface area (Å²) in [5.41, 5.74) is 7.53. The van der Waals surface area contributed by atoms with Gasteiger partial charge in [0.05, 0.1) is 6.10 Å². The third-order valence-electron chi connectivity index (χ3n) is 3.23. The number of nitrogens with zero attached hydrogens (tertiary/aromatic N) is 1. The lowest BCUT2D eigenvalue weighted by Crippen LogP contribution is -2.30. The molecule has 0 saturated carbocycles. The van der Waals surface area contributed by atoms with Crippen molar-refractivity contribution in [3.63, 3.8) is 0 Å². The molecule has 1 heterocycles. The number of aliphatic hydroxyl groups is 1. The molecular formula is C15H19N3O2S. The number of rotatable bonds is 7. The number of nitrogens with one attached hydrogen (secondary N) is 1. The smallest absolute Gasteiger partial charge is 0.141 e. The number of amidine groups is 1. The standard InChI is InChI=1S/C15H19N3O2S/c16-15(18-20)8-13(11-4-2-1-3-5-11)17-9-14(19)12-6-7-21-10-12/h1-7,10,13-14,17,19-20H,8-9H2,(H2,16,18). The molecule has 0 fully saturated rings. The summed E-state index contributed by atoms with van der Waals surface area (Å²) in [5, 5.41) is 29.0. The van der Waals surface area contributed by atoms with Crippen molar-refractivity contribution in [3.05, 3.63) is 58.3 Å². The van der Waals surface area contributed by atoms with Gasteiger partial charge in [0, 0.05) is 19.0 Å². The van der Waals surface area contributed by atoms with Crippen LogP contribution in [0.4, 0.5) is 0 Å². The predicted octanol–water partition coefficient (Wildman–Crippen LogP) is 2.25. The number of benzene rings is 1. The molecule has 0 saturated heterocycles. The van der Waals surface area contributed by atoms with Crippen LogP contribution in [-0.2, 0) is 0 Å². The summed E-state index contributed by atoms with van der Waals surface area (Å²) in [6, 6.07) is 11.5. The molecule has 5 nitrogen and oxygen atoms in total. The van der Waals surface area contributed by atoms with Crippen LogP contribution in [0.1, 0.15) is 29.7 Å². The van der Waals surface area contributed by atoms with E-state index in [4.69, 9.17) is 10.9 Å². The lowest BCUT2D eigenvalue weighted by Gasteiger charge is -2.20. The average Bonchev–Trinajstić information content (AvgIpc) is 3.06. The van der Waals surface area contributed by atoms with Crippen LogP contribution in [0.15, 0.2) is 52.3 Å². The van der Waals surface area contributed by atoms with Crippen molar-refractivity contribution in [2.45, 2.75) is 18.6 Å². The van der Waals surface area contributed by atoms with E-state index in [1.165, 1.54) is 0 Å². The Labute approximate surface area is 127 Å². The fourth-order valence-corrected chi connectivity index (χ4v) is 2.79. The van der Waals surface area contributed by atoms with Gasteiger partial charge in [0.25, 0.3) is 0 Å². The highest BCUT2D eigenvalue weighted by atomic mass is 32.1. The Kier molecular flexibility index (Phi) is 5.74. The van der Waals surface area contributed by atoms with Crippen molar-refractivity contribution < 1.29 is 10.3 Å². The van der Waals surface area contributed by atoms with Crippen LogP contribution in [0.2, 0.25) is 0 Å². The van der Waals surface area contributed by atoms with Crippen molar-refractivity contribution in [1.82, 2.24) is 5.32 Å². The molecule has 0 aliphatic rings. The van der Waals surface area contributed by atoms with E-state index in [9.17, 15) is 5.11 Å². The van der Waals surface area contributed by atoms with Crippen molar-refractivity contribution in [2.75, 3.05) is 6.54 Å². The first-order valence-electron chi connectivity index (χ1n) is 6.65. The molecule has 2 atom stereocenters. The van der Waals surface area contributed by atoms with Crippen molar-refractivity contribution >= 4 is 17.2 Å². The maximum atomic E-state index is 10.1. The molecule has 0 amide bonds. The first-order chi connectivity index (χ1) is 10.2. The Hall–Kier alpha value is -1.89. The second-order valence-corrected chi connectivity index (χ2v) is 5.52. The van der Waals surface area contributed by atoms with Crippen LogP contribution in [0.5, 0.6) is 0 Å². The Balaban J connectivity index is 2.02. The number of hydrogen-bond donors (Lipinski definition) is 4. The van der Waals surface area contributed by atoms with Gasteiger partial charge in [-0.3, -0.25) is 0 Å². The molecule has 0 spiro atoms. The van der Waals surface area contributed by atoms with Crippen molar-refractivity contribution in [2.24, 2.45) is 10.9 Å². The van der Waals surface area contributed by atoms with Gasteiger partial charge in [0.15, 0.2) is 0 Å². The summed E-state index contributed by atoms with van der Waals surface area (Å²) < 4.78 is 0. The fourth-order valence-electron chi connectivity index (χ4n) is 2.08. The third kappa shape index (κ3) is 4.56. The maximum absolute atomic E-state index is 10.1. The molecule has 0 radical (unpaired) electrons. The molecule has 21 heavy (non-hydrogen) atoms. The highest BCUT2D eigenvalue weighted by Gasteiger charge is 2.16. The molecule has 2 aromatic rings. The van der Waals surface area contributed by atoms with Gasteiger partial charge < -0.3 is 21.4 Å². The van der Waals surface area contributed by atoms with Crippen molar-refractivity contribution in [3.8, 4) is 0 Å². The quantitative estimate of drug-likeness (QED) is 0.273. The van der Waals surface area contributed by atoms with E-state index in [1.807, 2.05) is 47.2 Å². The van der Waals surface area contributed by atoms with Gasteiger partial charge in [-0.2, -0.15) is 11.3 Å². The highest BCUT2D eigenvalue weighted by molar-refractivity contribution is 7.07. The Morgan fingerprint density at radius 2 is 2.00 bits per heavy atom. The summed E-state index contributed by atoms with van der Waals surface area (Å²) in [6.45, 7) is 0.398. The number of oxime groups is 1. The maximum Gasteiger partial charge on any atom is 0.141 e. The van der Waals surface area contributed by atoms with Crippen LogP contribution in [0.3, 0.4) is 0 Å². The minimum absolute atomic E-state index is 0.115. The SMILES string of the molecule is N/C(CC(NCC(O)c1ccsc1)c1ccccc1)=N/O. The van der Waals surface area contributed by atoms with Crippen LogP contribution < -0.4 is 11.1 Å². The van der Waals surface area contributed by atoms with Gasteiger partial charge in [-0.15, -0.1) is 0 Å². The zero-order chi connectivity index (χ0) is 15.1. The summed E-state index contributed by atoms with van der Waals surface area (Å²) in [4.78, 5) is 0. The molecule has 0 bridgehead atoms. The van der Waals surface area contributed by atoms with Crippen LogP contribution in [0.25, 0.3) is 0 Å². The van der Waals surface area contributed by atoms with Gasteiger partial charge in [-0.05, 0) is 28.0 Å². The number of aliphatic hydroxyl groups excluding tert-OH is 1. The minimum Gasteiger partial charge on any atom is -0.409 e. The van der Waals surface area contributed by atoms with E-state index >= 15 is 0 Å². The van der Waals surface area contributed by atoms with Crippen LogP contribution >= 0.6 is 11.3 Å². The average molecular weight is 305 g/mol. The molecule has 6 heteroatoms. The van der Waals surface area contributed by atoms with Gasteiger partial charge in [0.1, 0.15) is 5.84 Å². The molecule has 2 unspecified atom stereocenters. The first kappa shape index (κ1) is 15.5. The highest BCUT2D eigenvalue weighted by Crippen LogP contribution is 2.20. The lowest BCUT2D eigenvalue weighted by atomic mass is 10.0. The Morgan fingerprint density at radius 3 is 2.62 bits per heavy atom. The van der Waals surface area contributed by atoms with Crippen LogP contribution in [0, 0.1) is 0 Å². The topological polar surface area (TPSA) is 90.9 Å². The number of nitrogens with two attached hydrogens (primary N) is 1. The van der Waals surface area contributed by atoms with E-state index in [0.29, 0.717) is 13.0 Å². The minimum atomic E-state index is -0.574. The van der Waals surface area contributed by atoms with Gasteiger partial charge in [0.2, 0.25) is 0 Å². The summed E-state index contributed by atoms with van der Waals surface area (Å²) in [5.74, 6) is 0.154. The summed E-state index contributed by atoms with van der Waals surface area (Å²) in [7, 11) is 0. The van der Waals surface area contributed by atoms with Crippen molar-refractivity contribution in [1.29, 1.82) is 0 Å². The van der Waals surface area contributed by atoms with E-state index in [0.717, 1.165) is 11.1 Å². The molecular weight excluding hydrogens is 286 g/mol. The normalized spacial score (nSPS) is 14.8. The molecule has 0 aliphatic heterocycles. The molecule has 1 aromatic carbocycles. The van der Waals surface area contributed by atoms with E-state index in [-0.39, 0.29) is 11.9 Å². The fraction of sp³-hybridized carbons (Fsp3) is 0.267. The van der Waals surface area contributed by atoms with Crippen LogP contribution in [-0.4, -0.2) is 22.7 Å². The van der Waals surface area contributed by atoms with Gasteiger partial charge >= 0.3 is 0 Å². The van der Waals surface area contributed by atoms with E-state index < -0.39 is 6.10 Å². The van der Waals surface area contributed by atoms with Gasteiger partial charge in [-0.1, -0.05) is 35.5 Å². The lowest BCUT2D eigenvalue weighted by molar-refractivity contribution is 0.170. The Bertz CT molecular complexity index is 558. The second kappa shape index (κ2) is 7.78.